The number of hydrogen-bond donors (Lipinski definition) is 1. The Morgan fingerprint density at radius 2 is 1.66 bits per heavy atom. The van der Waals surface area contributed by atoms with Crippen molar-refractivity contribution in [1.82, 2.24) is 18.9 Å². The molecule has 0 bridgehead atoms. The molecule has 2 aromatic carbocycles. The third kappa shape index (κ3) is 5.21. The molecule has 1 fully saturated rings. The van der Waals surface area contributed by atoms with Crippen molar-refractivity contribution in [2.24, 2.45) is 7.05 Å². The highest BCUT2D eigenvalue weighted by atomic mass is 35.5. The first-order valence-electron chi connectivity index (χ1n) is 11.2. The van der Waals surface area contributed by atoms with Gasteiger partial charge in [-0.2, -0.15) is 0 Å². The van der Waals surface area contributed by atoms with E-state index in [2.05, 4.69) is 0 Å². The Morgan fingerprint density at radius 1 is 0.971 bits per heavy atom. The predicted molar refractivity (Wildman–Crippen MR) is 134 cm³/mol. The maximum absolute atomic E-state index is 13.2. The Bertz CT molecular complexity index is 1370. The van der Waals surface area contributed by atoms with Gasteiger partial charge in [0, 0.05) is 43.8 Å². The van der Waals surface area contributed by atoms with Crippen LogP contribution in [-0.4, -0.2) is 63.3 Å². The first kappa shape index (κ1) is 24.4. The number of halogens is 1. The predicted octanol–water partition coefficient (Wildman–Crippen LogP) is 1.47. The summed E-state index contributed by atoms with van der Waals surface area (Å²) in [4.78, 5) is 55.0. The van der Waals surface area contributed by atoms with E-state index in [9.17, 15) is 19.2 Å². The minimum atomic E-state index is -0.711. The van der Waals surface area contributed by atoms with Crippen LogP contribution in [0.5, 0.6) is 0 Å². The molecule has 0 atom stereocenters. The Hall–Kier alpha value is -3.69. The maximum Gasteiger partial charge on any atom is 0.332 e. The number of nitrogens with zero attached hydrogens (tertiary/aromatic N) is 4. The molecule has 1 amide bonds. The molecule has 4 rings (SSSR count). The number of rotatable bonds is 6. The Morgan fingerprint density at radius 3 is 2.31 bits per heavy atom. The molecular weight excluding hydrogens is 470 g/mol. The van der Waals surface area contributed by atoms with E-state index in [1.54, 1.807) is 29.2 Å². The van der Waals surface area contributed by atoms with E-state index in [1.807, 2.05) is 35.2 Å². The van der Waals surface area contributed by atoms with Crippen molar-refractivity contribution in [1.29, 1.82) is 0 Å². The summed E-state index contributed by atoms with van der Waals surface area (Å²) < 4.78 is 2.15. The topological polar surface area (TPSA) is 111 Å². The number of nitrogen functional groups attached to an aromatic ring is 1. The number of carbonyl (C=O) groups excluding carboxylic acids is 2. The van der Waals surface area contributed by atoms with E-state index in [0.29, 0.717) is 36.8 Å². The minimum Gasteiger partial charge on any atom is -0.384 e. The highest BCUT2D eigenvalue weighted by Crippen LogP contribution is 2.15. The number of amides is 1. The van der Waals surface area contributed by atoms with Gasteiger partial charge in [0.1, 0.15) is 11.4 Å². The lowest BCUT2D eigenvalue weighted by Crippen LogP contribution is -2.50. The second-order valence-corrected chi connectivity index (χ2v) is 8.92. The highest BCUT2D eigenvalue weighted by Gasteiger charge is 2.27. The molecule has 1 aromatic heterocycles. The quantitative estimate of drug-likeness (QED) is 0.518. The fourth-order valence-corrected chi connectivity index (χ4v) is 4.35. The molecule has 2 N–H and O–H groups in total. The lowest BCUT2D eigenvalue weighted by atomic mass is 10.1. The average molecular weight is 496 g/mol. The maximum atomic E-state index is 13.2. The van der Waals surface area contributed by atoms with E-state index in [0.717, 1.165) is 10.1 Å². The first-order chi connectivity index (χ1) is 16.8. The number of carbonyl (C=O) groups is 2. The van der Waals surface area contributed by atoms with Gasteiger partial charge in [-0.3, -0.25) is 28.4 Å². The molecule has 182 valence electrons. The number of piperazine rings is 1. The molecule has 3 aromatic rings. The second kappa shape index (κ2) is 10.3. The standard InChI is InChI=1S/C25H26ClN5O4/c1-28-24(34)21(22(27)31(25(28)35)15-17-6-3-2-4-7-17)20(32)16-29-10-12-30(13-11-29)23(33)18-8-5-9-19(26)14-18/h2-9,14H,10-13,15-16,27H2,1H3. The largest absolute Gasteiger partial charge is 0.384 e. The van der Waals surface area contributed by atoms with Gasteiger partial charge >= 0.3 is 5.69 Å². The number of aromatic nitrogens is 2. The molecule has 10 heteroatoms. The fraction of sp³-hybridized carbons (Fsp3) is 0.280. The summed E-state index contributed by atoms with van der Waals surface area (Å²) in [6.45, 7) is 1.88. The summed E-state index contributed by atoms with van der Waals surface area (Å²) in [7, 11) is 1.34. The molecular formula is C25H26ClN5O4. The van der Waals surface area contributed by atoms with E-state index >= 15 is 0 Å². The summed E-state index contributed by atoms with van der Waals surface area (Å²) in [6.07, 6.45) is 0. The van der Waals surface area contributed by atoms with Crippen LogP contribution in [0.25, 0.3) is 0 Å². The number of ketones is 1. The zero-order valence-corrected chi connectivity index (χ0v) is 20.1. The molecule has 0 aliphatic carbocycles. The van der Waals surface area contributed by atoms with Crippen LogP contribution in [-0.2, 0) is 13.6 Å². The van der Waals surface area contributed by atoms with E-state index in [-0.39, 0.29) is 30.4 Å². The smallest absolute Gasteiger partial charge is 0.332 e. The van der Waals surface area contributed by atoms with Crippen LogP contribution in [0.4, 0.5) is 5.82 Å². The van der Waals surface area contributed by atoms with Crippen molar-refractivity contribution < 1.29 is 9.59 Å². The Balaban J connectivity index is 1.48. The van der Waals surface area contributed by atoms with Gasteiger partial charge in [0.05, 0.1) is 13.1 Å². The zero-order chi connectivity index (χ0) is 25.1. The number of nitrogens with two attached hydrogens (primary N) is 1. The minimum absolute atomic E-state index is 0.0395. The van der Waals surface area contributed by atoms with Crippen LogP contribution < -0.4 is 17.0 Å². The fourth-order valence-electron chi connectivity index (χ4n) is 4.16. The van der Waals surface area contributed by atoms with Crippen LogP contribution in [0.2, 0.25) is 5.02 Å². The lowest BCUT2D eigenvalue weighted by Gasteiger charge is -2.34. The van der Waals surface area contributed by atoms with Gasteiger partial charge in [-0.25, -0.2) is 4.79 Å². The van der Waals surface area contributed by atoms with Crippen LogP contribution >= 0.6 is 11.6 Å². The molecule has 0 spiro atoms. The molecule has 0 saturated carbocycles. The van der Waals surface area contributed by atoms with Gasteiger partial charge in [0.15, 0.2) is 5.78 Å². The Labute approximate surface area is 206 Å². The first-order valence-corrected chi connectivity index (χ1v) is 11.6. The lowest BCUT2D eigenvalue weighted by molar-refractivity contribution is 0.0624. The summed E-state index contributed by atoms with van der Waals surface area (Å²) in [5.74, 6) is -0.717. The molecule has 2 heterocycles. The molecule has 1 saturated heterocycles. The number of anilines is 1. The van der Waals surface area contributed by atoms with Crippen molar-refractivity contribution in [3.63, 3.8) is 0 Å². The van der Waals surface area contributed by atoms with Crippen molar-refractivity contribution in [2.45, 2.75) is 6.54 Å². The van der Waals surface area contributed by atoms with Crippen molar-refractivity contribution >= 4 is 29.1 Å². The molecule has 35 heavy (non-hydrogen) atoms. The van der Waals surface area contributed by atoms with Crippen LogP contribution in [0.15, 0.2) is 64.2 Å². The highest BCUT2D eigenvalue weighted by molar-refractivity contribution is 6.30. The molecule has 0 radical (unpaired) electrons. The molecule has 9 nitrogen and oxygen atoms in total. The summed E-state index contributed by atoms with van der Waals surface area (Å²) in [6, 6.07) is 16.0. The average Bonchev–Trinajstić information content (AvgIpc) is 2.86. The van der Waals surface area contributed by atoms with Gasteiger partial charge in [-0.15, -0.1) is 0 Å². The number of Topliss-reactive ketones (excluding diaryl/α,β-unsaturated/α-hetero) is 1. The van der Waals surface area contributed by atoms with Gasteiger partial charge in [-0.05, 0) is 23.8 Å². The number of hydrogen-bond acceptors (Lipinski definition) is 6. The van der Waals surface area contributed by atoms with Crippen LogP contribution in [0.3, 0.4) is 0 Å². The van der Waals surface area contributed by atoms with E-state index in [4.69, 9.17) is 17.3 Å². The van der Waals surface area contributed by atoms with Crippen molar-refractivity contribution in [2.75, 3.05) is 38.5 Å². The Kier molecular flexibility index (Phi) is 7.18. The van der Waals surface area contributed by atoms with Gasteiger partial charge < -0.3 is 10.6 Å². The third-order valence-electron chi connectivity index (χ3n) is 6.14. The molecule has 1 aliphatic heterocycles. The summed E-state index contributed by atoms with van der Waals surface area (Å²) in [5.41, 5.74) is 6.04. The second-order valence-electron chi connectivity index (χ2n) is 8.48. The zero-order valence-electron chi connectivity index (χ0n) is 19.3. The summed E-state index contributed by atoms with van der Waals surface area (Å²) >= 11 is 5.99. The summed E-state index contributed by atoms with van der Waals surface area (Å²) in [5, 5.41) is 0.493. The van der Waals surface area contributed by atoms with Crippen LogP contribution in [0, 0.1) is 0 Å². The van der Waals surface area contributed by atoms with Gasteiger partial charge in [-0.1, -0.05) is 48.0 Å². The van der Waals surface area contributed by atoms with Crippen molar-refractivity contribution in [3.8, 4) is 0 Å². The van der Waals surface area contributed by atoms with E-state index < -0.39 is 17.0 Å². The van der Waals surface area contributed by atoms with Crippen molar-refractivity contribution in [3.05, 3.63) is 97.1 Å². The van der Waals surface area contributed by atoms with Gasteiger partial charge in [0.2, 0.25) is 0 Å². The third-order valence-corrected chi connectivity index (χ3v) is 6.38. The van der Waals surface area contributed by atoms with Gasteiger partial charge in [0.25, 0.3) is 11.5 Å². The number of benzene rings is 2. The van der Waals surface area contributed by atoms with E-state index in [1.165, 1.54) is 11.6 Å². The SMILES string of the molecule is Cn1c(=O)c(C(=O)CN2CCN(C(=O)c3cccc(Cl)c3)CC2)c(N)n(Cc2ccccc2)c1=O. The molecule has 1 aliphatic rings. The normalized spacial score (nSPS) is 14.2. The van der Waals surface area contributed by atoms with Crippen LogP contribution in [0.1, 0.15) is 26.3 Å². The monoisotopic (exact) mass is 495 g/mol. The molecule has 0 unspecified atom stereocenters.